The van der Waals surface area contributed by atoms with Crippen molar-refractivity contribution in [2.75, 3.05) is 20.4 Å². The minimum Gasteiger partial charge on any atom is -0.502 e. The molecule has 0 rings (SSSR count). The molecule has 0 heterocycles. The van der Waals surface area contributed by atoms with E-state index in [-0.39, 0.29) is 0 Å². The summed E-state index contributed by atoms with van der Waals surface area (Å²) in [5, 5.41) is 2.98. The van der Waals surface area contributed by atoms with Crippen molar-refractivity contribution in [3.63, 3.8) is 0 Å². The molecule has 0 spiro atoms. The fourth-order valence-electron chi connectivity index (χ4n) is 0.602. The van der Waals surface area contributed by atoms with E-state index in [1.165, 1.54) is 10.6 Å². The summed E-state index contributed by atoms with van der Waals surface area (Å²) >= 11 is 1.79. The topological polar surface area (TPSA) is 21.3 Å². The van der Waals surface area contributed by atoms with Crippen LogP contribution < -0.4 is 5.32 Å². The van der Waals surface area contributed by atoms with Crippen LogP contribution >= 0.6 is 11.8 Å². The predicted octanol–water partition coefficient (Wildman–Crippen LogP) is 8.12. The first kappa shape index (κ1) is 35.7. The van der Waals surface area contributed by atoms with Crippen LogP contribution in [-0.2, 0) is 4.74 Å². The van der Waals surface area contributed by atoms with Crippen LogP contribution in [0, 0.1) is 0 Å². The molecule has 0 unspecified atom stereocenters. The standard InChI is InChI=1S/C6H10.C5H11N.C5H10O.C5H10S.C2H6/c1-3-5-6-4-2;3*1-4-5(2)6-3;1-2/h3-6H,1-2H3;4,6H,1-3H3;2*4H,1-3H3;1-2H3/b5-3-,6-4-;3*5-4-;. The average molecular weight is 386 g/mol. The molecule has 0 radical (unpaired) electrons. The van der Waals surface area contributed by atoms with E-state index in [4.69, 9.17) is 4.74 Å². The number of rotatable bonds is 4. The monoisotopic (exact) mass is 385 g/mol. The Kier molecular flexibility index (Phi) is 53.5. The van der Waals surface area contributed by atoms with Gasteiger partial charge in [-0.15, -0.1) is 11.8 Å². The molecule has 2 nitrogen and oxygen atoms in total. The zero-order valence-corrected chi connectivity index (χ0v) is 20.7. The van der Waals surface area contributed by atoms with Crippen molar-refractivity contribution in [2.24, 2.45) is 0 Å². The van der Waals surface area contributed by atoms with Gasteiger partial charge < -0.3 is 10.1 Å². The lowest BCUT2D eigenvalue weighted by molar-refractivity contribution is 0.293. The number of nitrogens with one attached hydrogen (secondary N) is 1. The number of ether oxygens (including phenoxy) is 1. The van der Waals surface area contributed by atoms with Gasteiger partial charge in [0.2, 0.25) is 0 Å². The molecule has 0 fully saturated rings. The van der Waals surface area contributed by atoms with Crippen molar-refractivity contribution in [3.8, 4) is 0 Å². The molecule has 0 amide bonds. The van der Waals surface area contributed by atoms with Crippen molar-refractivity contribution in [1.82, 2.24) is 5.32 Å². The SMILES string of the molecule is C/C=C(/C)NC.C/C=C(/C)OC.C/C=C(/C)SC.C/C=C\C=C/C.CC. The lowest BCUT2D eigenvalue weighted by atomic mass is 10.5. The zero-order valence-electron chi connectivity index (χ0n) is 19.9. The van der Waals surface area contributed by atoms with E-state index in [1.54, 1.807) is 18.9 Å². The quantitative estimate of drug-likeness (QED) is 0.390. The van der Waals surface area contributed by atoms with Gasteiger partial charge in [-0.1, -0.05) is 56.4 Å². The highest BCUT2D eigenvalue weighted by Gasteiger charge is 1.73. The summed E-state index contributed by atoms with van der Waals surface area (Å²) in [6.45, 7) is 20.0. The van der Waals surface area contributed by atoms with Crippen molar-refractivity contribution in [2.45, 2.75) is 69.2 Å². The first-order chi connectivity index (χ1) is 12.3. The summed E-state index contributed by atoms with van der Waals surface area (Å²) in [6.07, 6.45) is 16.1. The second-order valence-corrected chi connectivity index (χ2v) is 5.53. The number of hydrogen-bond donors (Lipinski definition) is 1. The maximum atomic E-state index is 4.76. The fraction of sp³-hybridized carbons (Fsp3) is 0.565. The Bertz CT molecular complexity index is 325. The Morgan fingerprint density at radius 2 is 1.23 bits per heavy atom. The molecule has 156 valence electrons. The van der Waals surface area contributed by atoms with Gasteiger partial charge in [0, 0.05) is 12.7 Å². The fourth-order valence-corrected chi connectivity index (χ4v) is 0.838. The molecule has 0 aromatic heterocycles. The van der Waals surface area contributed by atoms with E-state index in [0.29, 0.717) is 0 Å². The second kappa shape index (κ2) is 38.9. The van der Waals surface area contributed by atoms with Crippen LogP contribution in [0.15, 0.2) is 58.9 Å². The van der Waals surface area contributed by atoms with Crippen molar-refractivity contribution in [3.05, 3.63) is 58.9 Å². The molecule has 0 aromatic carbocycles. The van der Waals surface area contributed by atoms with Crippen LogP contribution in [0.4, 0.5) is 0 Å². The van der Waals surface area contributed by atoms with Gasteiger partial charge in [-0.3, -0.25) is 0 Å². The molecule has 0 saturated carbocycles. The van der Waals surface area contributed by atoms with E-state index in [0.717, 1.165) is 5.76 Å². The average Bonchev–Trinajstić information content (AvgIpc) is 2.72. The Morgan fingerprint density at radius 3 is 1.27 bits per heavy atom. The normalized spacial score (nSPS) is 11.0. The summed E-state index contributed by atoms with van der Waals surface area (Å²) in [7, 11) is 3.57. The van der Waals surface area contributed by atoms with E-state index in [1.807, 2.05) is 106 Å². The third-order valence-electron chi connectivity index (χ3n) is 2.78. The Labute approximate surface area is 170 Å². The number of methoxy groups -OCH3 is 1. The van der Waals surface area contributed by atoms with Crippen LogP contribution in [-0.4, -0.2) is 20.4 Å². The van der Waals surface area contributed by atoms with E-state index in [2.05, 4.69) is 24.6 Å². The number of allylic oxidation sites excluding steroid dienone is 10. The minimum absolute atomic E-state index is 0.968. The molecule has 0 aliphatic carbocycles. The molecule has 0 atom stereocenters. The van der Waals surface area contributed by atoms with E-state index < -0.39 is 0 Å². The van der Waals surface area contributed by atoms with Crippen LogP contribution in [0.2, 0.25) is 0 Å². The zero-order chi connectivity index (χ0) is 21.8. The molecule has 26 heavy (non-hydrogen) atoms. The van der Waals surface area contributed by atoms with Gasteiger partial charge in [0.15, 0.2) is 0 Å². The van der Waals surface area contributed by atoms with Gasteiger partial charge >= 0.3 is 0 Å². The molecule has 3 heteroatoms. The van der Waals surface area contributed by atoms with Gasteiger partial charge in [0.1, 0.15) is 0 Å². The van der Waals surface area contributed by atoms with E-state index >= 15 is 0 Å². The van der Waals surface area contributed by atoms with Crippen molar-refractivity contribution >= 4 is 11.8 Å². The largest absolute Gasteiger partial charge is 0.502 e. The molecule has 0 aliphatic rings. The smallest absolute Gasteiger partial charge is 0.0882 e. The third kappa shape index (κ3) is 57.0. The summed E-state index contributed by atoms with van der Waals surface area (Å²) in [5.74, 6) is 0.968. The molecular weight excluding hydrogens is 338 g/mol. The first-order valence-corrected chi connectivity index (χ1v) is 10.5. The van der Waals surface area contributed by atoms with Gasteiger partial charge in [-0.05, 0) is 66.6 Å². The van der Waals surface area contributed by atoms with Crippen molar-refractivity contribution in [1.29, 1.82) is 0 Å². The van der Waals surface area contributed by atoms with Crippen molar-refractivity contribution < 1.29 is 4.74 Å². The number of hydrogen-bond acceptors (Lipinski definition) is 3. The second-order valence-electron chi connectivity index (χ2n) is 4.48. The maximum absolute atomic E-state index is 4.76. The number of thioether (sulfide) groups is 1. The maximum Gasteiger partial charge on any atom is 0.0882 e. The van der Waals surface area contributed by atoms with Crippen LogP contribution in [0.1, 0.15) is 69.2 Å². The first-order valence-electron chi connectivity index (χ1n) is 9.23. The van der Waals surface area contributed by atoms with Gasteiger partial charge in [0.05, 0.1) is 12.9 Å². The Balaban J connectivity index is -0.0000000729. The lowest BCUT2D eigenvalue weighted by Crippen LogP contribution is -1.99. The highest BCUT2D eigenvalue weighted by molar-refractivity contribution is 8.02. The van der Waals surface area contributed by atoms with Gasteiger partial charge in [-0.2, -0.15) is 0 Å². The third-order valence-corrected chi connectivity index (χ3v) is 3.66. The molecule has 0 aromatic rings. The summed E-state index contributed by atoms with van der Waals surface area (Å²) in [6, 6.07) is 0. The Morgan fingerprint density at radius 1 is 0.808 bits per heavy atom. The summed E-state index contributed by atoms with van der Waals surface area (Å²) < 4.78 is 4.76. The summed E-state index contributed by atoms with van der Waals surface area (Å²) in [5.41, 5.74) is 1.22. The molecular formula is C23H47NOS. The highest BCUT2D eigenvalue weighted by atomic mass is 32.2. The molecule has 0 saturated heterocycles. The molecule has 1 N–H and O–H groups in total. The minimum atomic E-state index is 0.968. The molecule has 0 aliphatic heterocycles. The van der Waals surface area contributed by atoms with E-state index in [9.17, 15) is 0 Å². The van der Waals surface area contributed by atoms with Crippen LogP contribution in [0.5, 0.6) is 0 Å². The Hall–Kier alpha value is -1.35. The van der Waals surface area contributed by atoms with Gasteiger partial charge in [0.25, 0.3) is 0 Å². The van der Waals surface area contributed by atoms with Crippen LogP contribution in [0.3, 0.4) is 0 Å². The molecule has 0 bridgehead atoms. The summed E-state index contributed by atoms with van der Waals surface area (Å²) in [4.78, 5) is 1.38. The van der Waals surface area contributed by atoms with Gasteiger partial charge in [-0.25, -0.2) is 0 Å². The van der Waals surface area contributed by atoms with Crippen LogP contribution in [0.25, 0.3) is 0 Å². The predicted molar refractivity (Wildman–Crippen MR) is 129 cm³/mol. The highest BCUT2D eigenvalue weighted by Crippen LogP contribution is 2.07. The lowest BCUT2D eigenvalue weighted by Gasteiger charge is -1.91.